The maximum absolute atomic E-state index is 6.16. The molecule has 18 heavy (non-hydrogen) atoms. The Morgan fingerprint density at radius 2 is 2.06 bits per heavy atom. The third-order valence-corrected chi connectivity index (χ3v) is 3.20. The number of hydrogen-bond acceptors (Lipinski definition) is 3. The zero-order chi connectivity index (χ0) is 12.5. The molecular formula is C13H11ClN4. The van der Waals surface area contributed by atoms with E-state index in [1.165, 1.54) is 0 Å². The number of fused-ring (bicyclic) bond motifs is 1. The normalized spacial score (nSPS) is 10.9. The predicted octanol–water partition coefficient (Wildman–Crippen LogP) is 2.72. The van der Waals surface area contributed by atoms with E-state index < -0.39 is 0 Å². The molecule has 0 fully saturated rings. The average molecular weight is 259 g/mol. The van der Waals surface area contributed by atoms with Gasteiger partial charge in [-0.25, -0.2) is 4.68 Å². The highest BCUT2D eigenvalue weighted by atomic mass is 35.5. The largest absolute Gasteiger partial charge is 0.384 e. The minimum Gasteiger partial charge on any atom is -0.384 e. The van der Waals surface area contributed by atoms with Gasteiger partial charge in [0, 0.05) is 22.2 Å². The molecule has 2 aromatic heterocycles. The van der Waals surface area contributed by atoms with Crippen LogP contribution in [0, 0.1) is 0 Å². The van der Waals surface area contributed by atoms with Crippen molar-refractivity contribution in [3.63, 3.8) is 0 Å². The summed E-state index contributed by atoms with van der Waals surface area (Å²) < 4.78 is 1.73. The van der Waals surface area contributed by atoms with E-state index >= 15 is 0 Å². The third-order valence-electron chi connectivity index (χ3n) is 2.87. The predicted molar refractivity (Wildman–Crippen MR) is 72.5 cm³/mol. The Morgan fingerprint density at radius 1 is 1.17 bits per heavy atom. The van der Waals surface area contributed by atoms with Gasteiger partial charge in [0.25, 0.3) is 0 Å². The number of pyridine rings is 1. The molecule has 2 heterocycles. The van der Waals surface area contributed by atoms with Crippen molar-refractivity contribution in [2.45, 2.75) is 6.54 Å². The molecule has 0 aliphatic rings. The highest BCUT2D eigenvalue weighted by Crippen LogP contribution is 2.25. The summed E-state index contributed by atoms with van der Waals surface area (Å²) >= 11 is 6.16. The maximum Gasteiger partial charge on any atom is 0.122 e. The Labute approximate surface area is 109 Å². The van der Waals surface area contributed by atoms with Gasteiger partial charge >= 0.3 is 0 Å². The summed E-state index contributed by atoms with van der Waals surface area (Å²) in [5.74, 6) is 0.633. The first-order valence-corrected chi connectivity index (χ1v) is 5.93. The lowest BCUT2D eigenvalue weighted by Gasteiger charge is -2.08. The first-order chi connectivity index (χ1) is 8.75. The molecule has 0 unspecified atom stereocenters. The molecule has 0 radical (unpaired) electrons. The SMILES string of the molecule is Nc1ccnn1Cc1ccc(Cl)c2cccnc12. The van der Waals surface area contributed by atoms with Crippen LogP contribution >= 0.6 is 11.6 Å². The zero-order valence-corrected chi connectivity index (χ0v) is 10.3. The molecule has 0 amide bonds. The Morgan fingerprint density at radius 3 is 2.83 bits per heavy atom. The molecule has 0 atom stereocenters. The smallest absolute Gasteiger partial charge is 0.122 e. The van der Waals surface area contributed by atoms with Crippen LogP contribution in [0.4, 0.5) is 5.82 Å². The molecular weight excluding hydrogens is 248 g/mol. The first kappa shape index (κ1) is 11.0. The van der Waals surface area contributed by atoms with Gasteiger partial charge in [-0.15, -0.1) is 0 Å². The summed E-state index contributed by atoms with van der Waals surface area (Å²) in [6.45, 7) is 0.587. The zero-order valence-electron chi connectivity index (χ0n) is 9.55. The van der Waals surface area contributed by atoms with Crippen molar-refractivity contribution >= 4 is 28.3 Å². The van der Waals surface area contributed by atoms with Gasteiger partial charge < -0.3 is 5.73 Å². The van der Waals surface area contributed by atoms with Gasteiger partial charge in [-0.2, -0.15) is 5.10 Å². The minimum atomic E-state index is 0.587. The van der Waals surface area contributed by atoms with Crippen LogP contribution in [0.3, 0.4) is 0 Å². The molecule has 0 bridgehead atoms. The van der Waals surface area contributed by atoms with Gasteiger partial charge in [0.15, 0.2) is 0 Å². The monoisotopic (exact) mass is 258 g/mol. The molecule has 1 aromatic carbocycles. The van der Waals surface area contributed by atoms with Crippen LogP contribution in [0.2, 0.25) is 5.02 Å². The van der Waals surface area contributed by atoms with E-state index in [9.17, 15) is 0 Å². The van der Waals surface area contributed by atoms with Gasteiger partial charge in [0.2, 0.25) is 0 Å². The fourth-order valence-corrected chi connectivity index (χ4v) is 2.18. The van der Waals surface area contributed by atoms with Gasteiger partial charge in [0.1, 0.15) is 5.82 Å². The van der Waals surface area contributed by atoms with E-state index in [1.807, 2.05) is 24.3 Å². The number of nitrogens with zero attached hydrogens (tertiary/aromatic N) is 3. The summed E-state index contributed by atoms with van der Waals surface area (Å²) in [7, 11) is 0. The topological polar surface area (TPSA) is 56.7 Å². The molecule has 5 heteroatoms. The molecule has 3 aromatic rings. The van der Waals surface area contributed by atoms with E-state index in [-0.39, 0.29) is 0 Å². The highest BCUT2D eigenvalue weighted by Gasteiger charge is 2.07. The average Bonchev–Trinajstić information content (AvgIpc) is 2.79. The Kier molecular flexibility index (Phi) is 2.64. The van der Waals surface area contributed by atoms with Crippen molar-refractivity contribution in [1.82, 2.24) is 14.8 Å². The summed E-state index contributed by atoms with van der Waals surface area (Å²) in [5, 5.41) is 5.82. The molecule has 0 aliphatic heterocycles. The lowest BCUT2D eigenvalue weighted by molar-refractivity contribution is 0.699. The molecule has 0 saturated carbocycles. The number of benzene rings is 1. The van der Waals surface area contributed by atoms with Crippen molar-refractivity contribution in [3.8, 4) is 0 Å². The van der Waals surface area contributed by atoms with E-state index in [0.717, 1.165) is 16.5 Å². The molecule has 2 N–H and O–H groups in total. The van der Waals surface area contributed by atoms with E-state index in [0.29, 0.717) is 17.4 Å². The first-order valence-electron chi connectivity index (χ1n) is 5.55. The second-order valence-electron chi connectivity index (χ2n) is 4.02. The molecule has 90 valence electrons. The van der Waals surface area contributed by atoms with Crippen molar-refractivity contribution in [1.29, 1.82) is 0 Å². The van der Waals surface area contributed by atoms with Gasteiger partial charge in [0.05, 0.1) is 18.3 Å². The summed E-state index contributed by atoms with van der Waals surface area (Å²) in [5.41, 5.74) is 7.75. The Balaban J connectivity index is 2.13. The minimum absolute atomic E-state index is 0.587. The second kappa shape index (κ2) is 4.31. The quantitative estimate of drug-likeness (QED) is 0.769. The Bertz CT molecular complexity index is 705. The fourth-order valence-electron chi connectivity index (χ4n) is 1.96. The summed E-state index contributed by atoms with van der Waals surface area (Å²) in [6.07, 6.45) is 3.44. The number of halogens is 1. The van der Waals surface area contributed by atoms with Crippen LogP contribution in [0.25, 0.3) is 10.9 Å². The number of anilines is 1. The number of nitrogen functional groups attached to an aromatic ring is 1. The number of nitrogens with two attached hydrogens (primary N) is 1. The number of hydrogen-bond donors (Lipinski definition) is 1. The lowest BCUT2D eigenvalue weighted by atomic mass is 10.1. The van der Waals surface area contributed by atoms with Crippen molar-refractivity contribution in [2.24, 2.45) is 0 Å². The Hall–Kier alpha value is -2.07. The van der Waals surface area contributed by atoms with E-state index in [1.54, 1.807) is 23.1 Å². The lowest BCUT2D eigenvalue weighted by Crippen LogP contribution is -2.06. The van der Waals surface area contributed by atoms with Crippen molar-refractivity contribution in [3.05, 3.63) is 53.3 Å². The molecule has 4 nitrogen and oxygen atoms in total. The summed E-state index contributed by atoms with van der Waals surface area (Å²) in [4.78, 5) is 4.39. The van der Waals surface area contributed by atoms with Crippen LogP contribution in [0.15, 0.2) is 42.7 Å². The van der Waals surface area contributed by atoms with Crippen molar-refractivity contribution in [2.75, 3.05) is 5.73 Å². The van der Waals surface area contributed by atoms with Crippen LogP contribution in [-0.4, -0.2) is 14.8 Å². The van der Waals surface area contributed by atoms with Crippen molar-refractivity contribution < 1.29 is 0 Å². The van der Waals surface area contributed by atoms with Gasteiger partial charge in [-0.3, -0.25) is 4.98 Å². The van der Waals surface area contributed by atoms with Crippen LogP contribution in [-0.2, 0) is 6.54 Å². The standard InChI is InChI=1S/C13H11ClN4/c14-11-4-3-9(8-18-12(15)5-7-17-18)13-10(11)2-1-6-16-13/h1-7H,8,15H2. The fraction of sp³-hybridized carbons (Fsp3) is 0.0769. The highest BCUT2D eigenvalue weighted by molar-refractivity contribution is 6.35. The molecule has 0 spiro atoms. The molecule has 0 aliphatic carbocycles. The molecule has 0 saturated heterocycles. The number of rotatable bonds is 2. The number of aromatic nitrogens is 3. The van der Waals surface area contributed by atoms with Gasteiger partial charge in [-0.05, 0) is 24.3 Å². The maximum atomic E-state index is 6.16. The third kappa shape index (κ3) is 1.80. The van der Waals surface area contributed by atoms with Crippen LogP contribution in [0.1, 0.15) is 5.56 Å². The molecule has 3 rings (SSSR count). The van der Waals surface area contributed by atoms with E-state index in [4.69, 9.17) is 17.3 Å². The van der Waals surface area contributed by atoms with Crippen LogP contribution < -0.4 is 5.73 Å². The van der Waals surface area contributed by atoms with E-state index in [2.05, 4.69) is 10.1 Å². The second-order valence-corrected chi connectivity index (χ2v) is 4.43. The van der Waals surface area contributed by atoms with Crippen LogP contribution in [0.5, 0.6) is 0 Å². The summed E-state index contributed by atoms with van der Waals surface area (Å²) in [6, 6.07) is 9.44. The van der Waals surface area contributed by atoms with Gasteiger partial charge in [-0.1, -0.05) is 17.7 Å².